The predicted molar refractivity (Wildman–Crippen MR) is 89.2 cm³/mol. The van der Waals surface area contributed by atoms with Crippen LogP contribution < -0.4 is 4.74 Å². The second-order valence-corrected chi connectivity index (χ2v) is 6.36. The molecule has 0 N–H and O–H groups in total. The van der Waals surface area contributed by atoms with Gasteiger partial charge in [0.05, 0.1) is 17.7 Å². The van der Waals surface area contributed by atoms with Crippen LogP contribution in [0.3, 0.4) is 0 Å². The number of para-hydroxylation sites is 1. The van der Waals surface area contributed by atoms with Gasteiger partial charge in [-0.05, 0) is 59.8 Å². The maximum absolute atomic E-state index is 5.75. The zero-order valence-electron chi connectivity index (χ0n) is 11.3. The van der Waals surface area contributed by atoms with Crippen molar-refractivity contribution in [1.29, 1.82) is 0 Å². The van der Waals surface area contributed by atoms with Crippen LogP contribution in [0.25, 0.3) is 0 Å². The first-order valence-corrected chi connectivity index (χ1v) is 8.41. The van der Waals surface area contributed by atoms with Gasteiger partial charge in [0.2, 0.25) is 0 Å². The van der Waals surface area contributed by atoms with E-state index in [1.807, 2.05) is 30.3 Å². The molecule has 1 aromatic carbocycles. The van der Waals surface area contributed by atoms with E-state index in [9.17, 15) is 0 Å². The van der Waals surface area contributed by atoms with Crippen LogP contribution in [0.15, 0.2) is 51.1 Å². The van der Waals surface area contributed by atoms with Gasteiger partial charge in [0.1, 0.15) is 11.5 Å². The number of rotatable bonds is 7. The lowest BCUT2D eigenvalue weighted by atomic mass is 10.2. The summed E-state index contributed by atoms with van der Waals surface area (Å²) in [6, 6.07) is 7.91. The minimum Gasteiger partial charge on any atom is -0.493 e. The molecule has 0 spiro atoms. The molecule has 0 amide bonds. The molecule has 1 aliphatic rings. The van der Waals surface area contributed by atoms with Crippen LogP contribution in [0.4, 0.5) is 0 Å². The van der Waals surface area contributed by atoms with Crippen molar-refractivity contribution in [3.63, 3.8) is 0 Å². The van der Waals surface area contributed by atoms with E-state index in [1.165, 1.54) is 4.48 Å². The van der Waals surface area contributed by atoms with Gasteiger partial charge in [-0.3, -0.25) is 0 Å². The number of unbranched alkanes of at least 4 members (excludes halogenated alkanes) is 1. The van der Waals surface area contributed by atoms with E-state index >= 15 is 0 Å². The van der Waals surface area contributed by atoms with Gasteiger partial charge < -0.3 is 9.47 Å². The predicted octanol–water partition coefficient (Wildman–Crippen LogP) is 5.58. The van der Waals surface area contributed by atoms with E-state index in [0.29, 0.717) is 6.61 Å². The van der Waals surface area contributed by atoms with Crippen molar-refractivity contribution >= 4 is 31.9 Å². The van der Waals surface area contributed by atoms with Gasteiger partial charge in [-0.1, -0.05) is 34.1 Å². The number of ether oxygens (including phenoxy) is 2. The molecule has 0 aromatic heterocycles. The largest absolute Gasteiger partial charge is 0.493 e. The lowest BCUT2D eigenvalue weighted by Gasteiger charge is -2.13. The molecule has 0 fully saturated rings. The van der Waals surface area contributed by atoms with Gasteiger partial charge in [0.15, 0.2) is 0 Å². The minimum absolute atomic E-state index is 0.710. The highest BCUT2D eigenvalue weighted by atomic mass is 79.9. The van der Waals surface area contributed by atoms with Gasteiger partial charge in [-0.15, -0.1) is 0 Å². The molecule has 0 aliphatic heterocycles. The molecule has 0 saturated heterocycles. The van der Waals surface area contributed by atoms with Crippen molar-refractivity contribution in [2.24, 2.45) is 0 Å². The average Bonchev–Trinajstić information content (AvgIpc) is 2.46. The van der Waals surface area contributed by atoms with Crippen LogP contribution >= 0.6 is 31.9 Å². The second kappa shape index (κ2) is 8.53. The van der Waals surface area contributed by atoms with Crippen LogP contribution in [0.1, 0.15) is 25.7 Å². The fourth-order valence-corrected chi connectivity index (χ4v) is 2.75. The standard InChI is InChI=1S/C16H18Br2O2/c17-13-7-1-3-9-15(13)19-11-5-6-12-20-16-10-4-2-8-14(16)18/h1,3-4,7,9-10H,2,5-6,8,11-12H2. The number of allylic oxidation sites excluding steroid dienone is 3. The quantitative estimate of drug-likeness (QED) is 0.555. The highest BCUT2D eigenvalue weighted by Gasteiger charge is 2.06. The Labute approximate surface area is 137 Å². The van der Waals surface area contributed by atoms with Crippen molar-refractivity contribution in [2.75, 3.05) is 13.2 Å². The summed E-state index contributed by atoms with van der Waals surface area (Å²) in [4.78, 5) is 0. The molecule has 0 unspecified atom stereocenters. The first-order chi connectivity index (χ1) is 9.77. The summed E-state index contributed by atoms with van der Waals surface area (Å²) in [7, 11) is 0. The van der Waals surface area contributed by atoms with E-state index in [1.54, 1.807) is 0 Å². The zero-order chi connectivity index (χ0) is 14.2. The Morgan fingerprint density at radius 1 is 1.00 bits per heavy atom. The lowest BCUT2D eigenvalue weighted by Crippen LogP contribution is -2.02. The Kier molecular flexibility index (Phi) is 6.67. The van der Waals surface area contributed by atoms with Crippen molar-refractivity contribution in [3.05, 3.63) is 51.1 Å². The number of hydrogen-bond acceptors (Lipinski definition) is 2. The Morgan fingerprint density at radius 2 is 1.75 bits per heavy atom. The Morgan fingerprint density at radius 3 is 2.50 bits per heavy atom. The first-order valence-electron chi connectivity index (χ1n) is 6.82. The smallest absolute Gasteiger partial charge is 0.133 e. The van der Waals surface area contributed by atoms with E-state index in [4.69, 9.17) is 9.47 Å². The van der Waals surface area contributed by atoms with Crippen LogP contribution in [0.2, 0.25) is 0 Å². The molecule has 2 rings (SSSR count). The molecule has 108 valence electrons. The second-order valence-electron chi connectivity index (χ2n) is 4.54. The van der Waals surface area contributed by atoms with Crippen LogP contribution in [0.5, 0.6) is 5.75 Å². The normalized spacial score (nSPS) is 14.5. The zero-order valence-corrected chi connectivity index (χ0v) is 14.5. The third-order valence-electron chi connectivity index (χ3n) is 2.96. The summed E-state index contributed by atoms with van der Waals surface area (Å²) in [5, 5.41) is 0. The van der Waals surface area contributed by atoms with E-state index < -0.39 is 0 Å². The van der Waals surface area contributed by atoms with Gasteiger partial charge >= 0.3 is 0 Å². The Hall–Kier alpha value is -0.740. The molecule has 2 nitrogen and oxygen atoms in total. The van der Waals surface area contributed by atoms with Gasteiger partial charge in [-0.2, -0.15) is 0 Å². The molecular weight excluding hydrogens is 384 g/mol. The number of halogens is 2. The monoisotopic (exact) mass is 400 g/mol. The Balaban J connectivity index is 1.61. The molecule has 4 heteroatoms. The highest BCUT2D eigenvalue weighted by Crippen LogP contribution is 2.25. The number of benzene rings is 1. The topological polar surface area (TPSA) is 18.5 Å². The maximum Gasteiger partial charge on any atom is 0.133 e. The molecule has 0 bridgehead atoms. The minimum atomic E-state index is 0.710. The molecular formula is C16H18Br2O2. The van der Waals surface area contributed by atoms with Crippen LogP contribution in [-0.2, 0) is 4.74 Å². The van der Waals surface area contributed by atoms with Crippen molar-refractivity contribution in [3.8, 4) is 5.75 Å². The lowest BCUT2D eigenvalue weighted by molar-refractivity contribution is 0.203. The molecule has 1 aromatic rings. The third kappa shape index (κ3) is 4.98. The molecule has 0 radical (unpaired) electrons. The number of hydrogen-bond donors (Lipinski definition) is 0. The highest BCUT2D eigenvalue weighted by molar-refractivity contribution is 9.11. The molecule has 0 atom stereocenters. The summed E-state index contributed by atoms with van der Waals surface area (Å²) < 4.78 is 13.6. The van der Waals surface area contributed by atoms with Gasteiger partial charge in [-0.25, -0.2) is 0 Å². The van der Waals surface area contributed by atoms with Crippen LogP contribution in [0, 0.1) is 0 Å². The fraction of sp³-hybridized carbons (Fsp3) is 0.375. The van der Waals surface area contributed by atoms with Crippen LogP contribution in [-0.4, -0.2) is 13.2 Å². The van der Waals surface area contributed by atoms with Crippen molar-refractivity contribution in [1.82, 2.24) is 0 Å². The SMILES string of the molecule is BrC1=C(OCCCCOc2ccccc2Br)C=CCC1. The van der Waals surface area contributed by atoms with Crippen molar-refractivity contribution < 1.29 is 9.47 Å². The summed E-state index contributed by atoms with van der Waals surface area (Å²) in [6.45, 7) is 1.44. The first kappa shape index (κ1) is 15.6. The van der Waals surface area contributed by atoms with Gasteiger partial charge in [0.25, 0.3) is 0 Å². The summed E-state index contributed by atoms with van der Waals surface area (Å²) in [6.07, 6.45) is 8.30. The molecule has 0 heterocycles. The van der Waals surface area contributed by atoms with E-state index in [-0.39, 0.29) is 0 Å². The maximum atomic E-state index is 5.75. The fourth-order valence-electron chi connectivity index (χ4n) is 1.87. The Bertz CT molecular complexity index is 495. The molecule has 0 saturated carbocycles. The summed E-state index contributed by atoms with van der Waals surface area (Å²) >= 11 is 7.02. The third-order valence-corrected chi connectivity index (χ3v) is 4.40. The van der Waals surface area contributed by atoms with E-state index in [0.717, 1.165) is 48.3 Å². The van der Waals surface area contributed by atoms with Crippen molar-refractivity contribution in [2.45, 2.75) is 25.7 Å². The average molecular weight is 402 g/mol. The van der Waals surface area contributed by atoms with Gasteiger partial charge in [0, 0.05) is 4.48 Å². The molecule has 20 heavy (non-hydrogen) atoms. The summed E-state index contributed by atoms with van der Waals surface area (Å²) in [5.74, 6) is 1.87. The molecule has 1 aliphatic carbocycles. The summed E-state index contributed by atoms with van der Waals surface area (Å²) in [5.41, 5.74) is 0. The van der Waals surface area contributed by atoms with E-state index in [2.05, 4.69) is 37.9 Å².